The SMILES string of the molecule is Cc1ncsc1C(=O)NC(C)CCO. The van der Waals surface area contributed by atoms with Crippen LogP contribution >= 0.6 is 11.3 Å². The topological polar surface area (TPSA) is 62.2 Å². The van der Waals surface area contributed by atoms with E-state index in [9.17, 15) is 4.79 Å². The van der Waals surface area contributed by atoms with Gasteiger partial charge < -0.3 is 10.4 Å². The minimum atomic E-state index is -0.106. The van der Waals surface area contributed by atoms with Crippen molar-refractivity contribution in [2.24, 2.45) is 0 Å². The minimum Gasteiger partial charge on any atom is -0.396 e. The van der Waals surface area contributed by atoms with Crippen LogP contribution < -0.4 is 5.32 Å². The fourth-order valence-corrected chi connectivity index (χ4v) is 1.78. The van der Waals surface area contributed by atoms with Crippen molar-refractivity contribution in [1.29, 1.82) is 0 Å². The summed E-state index contributed by atoms with van der Waals surface area (Å²) in [4.78, 5) is 16.2. The molecule has 0 aliphatic rings. The van der Waals surface area contributed by atoms with E-state index in [0.717, 1.165) is 5.69 Å². The summed E-state index contributed by atoms with van der Waals surface area (Å²) in [6, 6.07) is -0.00556. The highest BCUT2D eigenvalue weighted by atomic mass is 32.1. The third kappa shape index (κ3) is 2.78. The Labute approximate surface area is 87.0 Å². The summed E-state index contributed by atoms with van der Waals surface area (Å²) in [6.07, 6.45) is 0.573. The smallest absolute Gasteiger partial charge is 0.263 e. The molecule has 1 unspecified atom stereocenters. The largest absolute Gasteiger partial charge is 0.396 e. The summed E-state index contributed by atoms with van der Waals surface area (Å²) in [7, 11) is 0. The molecule has 2 N–H and O–H groups in total. The van der Waals surface area contributed by atoms with Gasteiger partial charge in [-0.05, 0) is 20.3 Å². The number of nitrogens with one attached hydrogen (secondary N) is 1. The molecule has 4 nitrogen and oxygen atoms in total. The number of rotatable bonds is 4. The molecule has 0 radical (unpaired) electrons. The van der Waals surface area contributed by atoms with Gasteiger partial charge in [0.2, 0.25) is 0 Å². The first-order chi connectivity index (χ1) is 6.65. The van der Waals surface area contributed by atoms with Crippen LogP contribution in [0, 0.1) is 6.92 Å². The molecular formula is C9H14N2O2S. The molecule has 14 heavy (non-hydrogen) atoms. The van der Waals surface area contributed by atoms with Gasteiger partial charge in [0.05, 0.1) is 11.2 Å². The van der Waals surface area contributed by atoms with E-state index in [1.807, 2.05) is 13.8 Å². The fraction of sp³-hybridized carbons (Fsp3) is 0.556. The van der Waals surface area contributed by atoms with Gasteiger partial charge >= 0.3 is 0 Å². The lowest BCUT2D eigenvalue weighted by atomic mass is 10.2. The third-order valence-corrected chi connectivity index (χ3v) is 2.82. The number of thiazole rings is 1. The van der Waals surface area contributed by atoms with Gasteiger partial charge in [-0.1, -0.05) is 0 Å². The van der Waals surface area contributed by atoms with E-state index in [-0.39, 0.29) is 18.6 Å². The van der Waals surface area contributed by atoms with Crippen LogP contribution in [0.4, 0.5) is 0 Å². The van der Waals surface area contributed by atoms with Crippen LogP contribution in [0.3, 0.4) is 0 Å². The van der Waals surface area contributed by atoms with Gasteiger partial charge in [0.1, 0.15) is 4.88 Å². The number of carbonyl (C=O) groups excluding carboxylic acids is 1. The van der Waals surface area contributed by atoms with E-state index in [2.05, 4.69) is 10.3 Å². The zero-order valence-corrected chi connectivity index (χ0v) is 9.10. The lowest BCUT2D eigenvalue weighted by molar-refractivity contribution is 0.0937. The number of nitrogens with zero attached hydrogens (tertiary/aromatic N) is 1. The number of hydrogen-bond donors (Lipinski definition) is 2. The molecule has 0 aliphatic heterocycles. The van der Waals surface area contributed by atoms with Crippen LogP contribution in [0.2, 0.25) is 0 Å². The van der Waals surface area contributed by atoms with Gasteiger partial charge in [0.15, 0.2) is 0 Å². The molecule has 0 saturated carbocycles. The zero-order chi connectivity index (χ0) is 10.6. The predicted octanol–water partition coefficient (Wildman–Crippen LogP) is 0.952. The first-order valence-electron chi connectivity index (χ1n) is 4.47. The van der Waals surface area contributed by atoms with Crippen LogP contribution in [-0.2, 0) is 0 Å². The first-order valence-corrected chi connectivity index (χ1v) is 5.35. The molecule has 1 aromatic heterocycles. The van der Waals surface area contributed by atoms with E-state index in [1.165, 1.54) is 11.3 Å². The predicted molar refractivity (Wildman–Crippen MR) is 55.5 cm³/mol. The number of aryl methyl sites for hydroxylation is 1. The average Bonchev–Trinajstić information content (AvgIpc) is 2.51. The van der Waals surface area contributed by atoms with Gasteiger partial charge in [-0.2, -0.15) is 0 Å². The van der Waals surface area contributed by atoms with Crippen LogP contribution in [-0.4, -0.2) is 28.6 Å². The van der Waals surface area contributed by atoms with Gasteiger partial charge in [-0.25, -0.2) is 4.98 Å². The highest BCUT2D eigenvalue weighted by molar-refractivity contribution is 7.11. The minimum absolute atomic E-state index is 0.00556. The number of aromatic nitrogens is 1. The molecule has 0 bridgehead atoms. The number of hydrogen-bond acceptors (Lipinski definition) is 4. The number of aliphatic hydroxyl groups is 1. The monoisotopic (exact) mass is 214 g/mol. The number of carbonyl (C=O) groups is 1. The Kier molecular flexibility index (Phi) is 4.03. The third-order valence-electron chi connectivity index (χ3n) is 1.89. The van der Waals surface area contributed by atoms with E-state index in [4.69, 9.17) is 5.11 Å². The maximum absolute atomic E-state index is 11.6. The van der Waals surface area contributed by atoms with Crippen LogP contribution in [0.15, 0.2) is 5.51 Å². The Bertz CT molecular complexity index is 312. The molecule has 1 amide bonds. The molecule has 0 aromatic carbocycles. The molecule has 1 aromatic rings. The number of amides is 1. The lowest BCUT2D eigenvalue weighted by Crippen LogP contribution is -2.33. The van der Waals surface area contributed by atoms with Crippen LogP contribution in [0.25, 0.3) is 0 Å². The molecule has 1 rings (SSSR count). The van der Waals surface area contributed by atoms with Crippen molar-refractivity contribution >= 4 is 17.2 Å². The second kappa shape index (κ2) is 5.07. The zero-order valence-electron chi connectivity index (χ0n) is 8.28. The van der Waals surface area contributed by atoms with E-state index >= 15 is 0 Å². The van der Waals surface area contributed by atoms with Gasteiger partial charge in [0, 0.05) is 12.6 Å². The van der Waals surface area contributed by atoms with E-state index in [1.54, 1.807) is 5.51 Å². The molecule has 0 aliphatic carbocycles. The van der Waals surface area contributed by atoms with Crippen molar-refractivity contribution < 1.29 is 9.90 Å². The van der Waals surface area contributed by atoms with Crippen molar-refractivity contribution in [2.75, 3.05) is 6.61 Å². The van der Waals surface area contributed by atoms with Crippen molar-refractivity contribution in [3.05, 3.63) is 16.1 Å². The molecule has 0 saturated heterocycles. The first kappa shape index (κ1) is 11.1. The summed E-state index contributed by atoms with van der Waals surface area (Å²) in [5, 5.41) is 11.5. The van der Waals surface area contributed by atoms with Gasteiger partial charge in [0.25, 0.3) is 5.91 Å². The highest BCUT2D eigenvalue weighted by Gasteiger charge is 2.13. The molecule has 1 heterocycles. The summed E-state index contributed by atoms with van der Waals surface area (Å²) in [6.45, 7) is 3.76. The molecule has 78 valence electrons. The Balaban J connectivity index is 2.55. The van der Waals surface area contributed by atoms with Crippen LogP contribution in [0.5, 0.6) is 0 Å². The van der Waals surface area contributed by atoms with Crippen LogP contribution in [0.1, 0.15) is 28.7 Å². The molecule has 1 atom stereocenters. The summed E-state index contributed by atoms with van der Waals surface area (Å²) in [5.41, 5.74) is 2.41. The second-order valence-corrected chi connectivity index (χ2v) is 4.01. The van der Waals surface area contributed by atoms with Gasteiger partial charge in [-0.15, -0.1) is 11.3 Å². The normalized spacial score (nSPS) is 12.5. The molecule has 0 fully saturated rings. The lowest BCUT2D eigenvalue weighted by Gasteiger charge is -2.11. The molecular weight excluding hydrogens is 200 g/mol. The Morgan fingerprint density at radius 2 is 2.50 bits per heavy atom. The molecule has 0 spiro atoms. The Hall–Kier alpha value is -0.940. The molecule has 5 heteroatoms. The Morgan fingerprint density at radius 1 is 1.79 bits per heavy atom. The van der Waals surface area contributed by atoms with Gasteiger partial charge in [-0.3, -0.25) is 4.79 Å². The van der Waals surface area contributed by atoms with E-state index < -0.39 is 0 Å². The van der Waals surface area contributed by atoms with E-state index in [0.29, 0.717) is 11.3 Å². The van der Waals surface area contributed by atoms with Crippen molar-refractivity contribution in [3.8, 4) is 0 Å². The summed E-state index contributed by atoms with van der Waals surface area (Å²) in [5.74, 6) is -0.106. The summed E-state index contributed by atoms with van der Waals surface area (Å²) < 4.78 is 0. The maximum atomic E-state index is 11.6. The fourth-order valence-electron chi connectivity index (χ4n) is 1.07. The quantitative estimate of drug-likeness (QED) is 0.784. The summed E-state index contributed by atoms with van der Waals surface area (Å²) >= 11 is 1.33. The van der Waals surface area contributed by atoms with Crippen molar-refractivity contribution in [3.63, 3.8) is 0 Å². The standard InChI is InChI=1S/C9H14N2O2S/c1-6(3-4-12)11-9(13)8-7(2)10-5-14-8/h5-6,12H,3-4H2,1-2H3,(H,11,13). The van der Waals surface area contributed by atoms with Crippen molar-refractivity contribution in [1.82, 2.24) is 10.3 Å². The van der Waals surface area contributed by atoms with Crippen molar-refractivity contribution in [2.45, 2.75) is 26.3 Å². The average molecular weight is 214 g/mol. The second-order valence-electron chi connectivity index (χ2n) is 3.15. The Morgan fingerprint density at radius 3 is 3.00 bits per heavy atom. The maximum Gasteiger partial charge on any atom is 0.263 e. The number of aliphatic hydroxyl groups excluding tert-OH is 1. The highest BCUT2D eigenvalue weighted by Crippen LogP contribution is 2.11.